The van der Waals surface area contributed by atoms with Gasteiger partial charge in [0, 0.05) is 6.20 Å². The molecule has 0 aliphatic carbocycles. The Kier molecular flexibility index (Phi) is 7.37. The Labute approximate surface area is 200 Å². The second kappa shape index (κ2) is 9.86. The van der Waals surface area contributed by atoms with Crippen molar-refractivity contribution in [2.24, 2.45) is 0 Å². The normalized spacial score (nSPS) is 25.5. The van der Waals surface area contributed by atoms with Crippen LogP contribution in [0.4, 0.5) is 5.82 Å². The van der Waals surface area contributed by atoms with Gasteiger partial charge in [-0.2, -0.15) is 4.98 Å². The number of ether oxygens (including phenoxy) is 1. The van der Waals surface area contributed by atoms with Gasteiger partial charge in [-0.3, -0.25) is 9.09 Å². The van der Waals surface area contributed by atoms with E-state index in [2.05, 4.69) is 14.5 Å². The molecular formula is C17H18N4O11P2S-2. The van der Waals surface area contributed by atoms with Crippen LogP contribution in [-0.4, -0.2) is 54.6 Å². The quantitative estimate of drug-likeness (QED) is 0.217. The van der Waals surface area contributed by atoms with Crippen LogP contribution < -0.4 is 26.1 Å². The first kappa shape index (κ1) is 26.2. The average molecular weight is 548 g/mol. The Balaban J connectivity index is 1.47. The maximum absolute atomic E-state index is 12.5. The zero-order valence-electron chi connectivity index (χ0n) is 17.4. The fourth-order valence-electron chi connectivity index (χ4n) is 3.27. The molecule has 1 aromatic carbocycles. The van der Waals surface area contributed by atoms with Crippen LogP contribution in [0, 0.1) is 0 Å². The Hall–Kier alpha value is -1.91. The third kappa shape index (κ3) is 5.75. The van der Waals surface area contributed by atoms with Crippen molar-refractivity contribution in [3.63, 3.8) is 0 Å². The van der Waals surface area contributed by atoms with Gasteiger partial charge in [0.05, 0.1) is 16.8 Å². The average Bonchev–Trinajstić information content (AvgIpc) is 3.32. The van der Waals surface area contributed by atoms with Crippen molar-refractivity contribution in [2.75, 3.05) is 12.3 Å². The van der Waals surface area contributed by atoms with Crippen molar-refractivity contribution in [1.82, 2.24) is 14.5 Å². The standard InChI is InChI=1S/C17H20N4O11P2S/c18-11-5-6-21(17(24)20-11)15-13(23)12(22)9(31-15)7-30-34(28,29)32-16(33(25,26)27)14-19-8-3-1-2-4-10(8)35-14/h1-6,9,12-13,15-16,22-23H,7H2,(H,28,29)(H2,18,20,24)(H2,25,26,27)/p-2/t9-,12-,13-,15-,16?/m1/s1. The number of rotatable bonds is 8. The lowest BCUT2D eigenvalue weighted by atomic mass is 10.1. The molecule has 18 heteroatoms. The zero-order chi connectivity index (χ0) is 25.5. The van der Waals surface area contributed by atoms with Crippen LogP contribution in [0.5, 0.6) is 0 Å². The first-order valence-electron chi connectivity index (χ1n) is 9.75. The molecule has 190 valence electrons. The van der Waals surface area contributed by atoms with E-state index >= 15 is 0 Å². The molecule has 2 aromatic heterocycles. The minimum Gasteiger partial charge on any atom is -0.685 e. The number of fused-ring (bicyclic) bond motifs is 1. The molecule has 35 heavy (non-hydrogen) atoms. The van der Waals surface area contributed by atoms with Crippen molar-refractivity contribution < 1.29 is 48.1 Å². The van der Waals surface area contributed by atoms with E-state index in [1.54, 1.807) is 24.3 Å². The minimum atomic E-state index is -5.64. The van der Waals surface area contributed by atoms with E-state index in [4.69, 9.17) is 15.0 Å². The van der Waals surface area contributed by atoms with Crippen LogP contribution in [0.1, 0.15) is 17.1 Å². The summed E-state index contributed by atoms with van der Waals surface area (Å²) in [6.45, 7) is -0.881. The maximum Gasteiger partial charge on any atom is 0.475 e. The van der Waals surface area contributed by atoms with E-state index < -0.39 is 58.4 Å². The molecule has 1 fully saturated rings. The van der Waals surface area contributed by atoms with Gasteiger partial charge in [0.2, 0.25) is 5.85 Å². The molecule has 0 radical (unpaired) electrons. The second-order valence-corrected chi connectivity index (χ2v) is 11.4. The summed E-state index contributed by atoms with van der Waals surface area (Å²) in [4.78, 5) is 64.8. The summed E-state index contributed by atoms with van der Waals surface area (Å²) in [6, 6.07) is 7.67. The van der Waals surface area contributed by atoms with E-state index in [1.807, 2.05) is 0 Å². The van der Waals surface area contributed by atoms with Gasteiger partial charge in [-0.25, -0.2) is 18.9 Å². The van der Waals surface area contributed by atoms with Gasteiger partial charge >= 0.3 is 13.5 Å². The largest absolute Gasteiger partial charge is 0.685 e. The Morgan fingerprint density at radius 1 is 1.23 bits per heavy atom. The Morgan fingerprint density at radius 3 is 2.60 bits per heavy atom. The number of aliphatic hydroxyl groups is 2. The lowest BCUT2D eigenvalue weighted by Crippen LogP contribution is -2.38. The predicted molar refractivity (Wildman–Crippen MR) is 115 cm³/mol. The number of para-hydroxylation sites is 1. The number of hydrogen-bond donors (Lipinski definition) is 4. The highest BCUT2D eigenvalue weighted by molar-refractivity contribution is 7.56. The highest BCUT2D eigenvalue weighted by atomic mass is 32.1. The molecule has 2 unspecified atom stereocenters. The van der Waals surface area contributed by atoms with Gasteiger partial charge in [-0.15, -0.1) is 19.3 Å². The molecule has 0 saturated carbocycles. The van der Waals surface area contributed by atoms with Crippen molar-refractivity contribution >= 4 is 43.1 Å². The number of nitrogen functional groups attached to an aromatic ring is 1. The first-order valence-corrected chi connectivity index (χ1v) is 13.7. The molecule has 3 aromatic rings. The number of aliphatic hydroxyl groups excluding tert-OH is 2. The summed E-state index contributed by atoms with van der Waals surface area (Å²) in [5.41, 5.74) is 4.86. The molecule has 1 saturated heterocycles. The van der Waals surface area contributed by atoms with Crippen LogP contribution in [0.2, 0.25) is 0 Å². The van der Waals surface area contributed by atoms with Gasteiger partial charge < -0.3 is 40.3 Å². The maximum atomic E-state index is 12.5. The van der Waals surface area contributed by atoms with Crippen LogP contribution >= 0.6 is 27.1 Å². The molecule has 0 bridgehead atoms. The fraction of sp³-hybridized carbons (Fsp3) is 0.353. The number of nitrogens with two attached hydrogens (primary N) is 1. The topological polar surface area (TPSA) is 248 Å². The molecular weight excluding hydrogens is 530 g/mol. The SMILES string of the molecule is Nc1ccn([C@@H]2O[C@H](COP(=O)(O)OC(c3nc4ccccc4s3)[P+]([O-])([O-])[O-])[C@@H](O)[C@H]2O)c(=O)n1. The van der Waals surface area contributed by atoms with Gasteiger partial charge in [0.25, 0.3) is 0 Å². The van der Waals surface area contributed by atoms with Gasteiger partial charge in [-0.05, 0) is 18.2 Å². The predicted octanol–water partition coefficient (Wildman–Crippen LogP) is -2.27. The van der Waals surface area contributed by atoms with Crippen LogP contribution in [0.3, 0.4) is 0 Å². The van der Waals surface area contributed by atoms with Crippen molar-refractivity contribution in [3.05, 3.63) is 52.0 Å². The summed E-state index contributed by atoms with van der Waals surface area (Å²) in [7, 11) is -10.9. The van der Waals surface area contributed by atoms with E-state index in [0.717, 1.165) is 22.1 Å². The summed E-state index contributed by atoms with van der Waals surface area (Å²) in [5.74, 6) is -2.52. The Morgan fingerprint density at radius 2 is 1.94 bits per heavy atom. The number of hydrogen-bond acceptors (Lipinski definition) is 14. The summed E-state index contributed by atoms with van der Waals surface area (Å²) in [6.07, 6.45) is -5.07. The highest BCUT2D eigenvalue weighted by Gasteiger charge is 2.46. The number of anilines is 1. The van der Waals surface area contributed by atoms with E-state index in [9.17, 15) is 39.1 Å². The molecule has 15 nitrogen and oxygen atoms in total. The molecule has 0 spiro atoms. The van der Waals surface area contributed by atoms with Gasteiger partial charge in [0.1, 0.15) is 24.1 Å². The molecule has 3 heterocycles. The summed E-state index contributed by atoms with van der Waals surface area (Å²) >= 11 is 0.776. The van der Waals surface area contributed by atoms with Gasteiger partial charge in [0.15, 0.2) is 11.2 Å². The third-order valence-electron chi connectivity index (χ3n) is 4.91. The molecule has 1 aliphatic heterocycles. The van der Waals surface area contributed by atoms with Crippen LogP contribution in [0.25, 0.3) is 10.2 Å². The molecule has 0 amide bonds. The fourth-order valence-corrected chi connectivity index (χ4v) is 6.67. The second-order valence-electron chi connectivity index (χ2n) is 7.37. The molecule has 6 atom stereocenters. The summed E-state index contributed by atoms with van der Waals surface area (Å²) < 4.78 is 28.6. The molecule has 5 N–H and O–H groups in total. The number of benzene rings is 1. The highest BCUT2D eigenvalue weighted by Crippen LogP contribution is 2.59. The summed E-state index contributed by atoms with van der Waals surface area (Å²) in [5, 5.41) is 20.1. The first-order chi connectivity index (χ1) is 16.4. The third-order valence-corrected chi connectivity index (χ3v) is 8.20. The van der Waals surface area contributed by atoms with E-state index in [1.165, 1.54) is 6.07 Å². The van der Waals surface area contributed by atoms with Crippen molar-refractivity contribution in [3.8, 4) is 0 Å². The number of phosphoric ester groups is 1. The van der Waals surface area contributed by atoms with Gasteiger partial charge in [-0.1, -0.05) is 12.1 Å². The lowest BCUT2D eigenvalue weighted by Gasteiger charge is -2.46. The van der Waals surface area contributed by atoms with Crippen LogP contribution in [0.15, 0.2) is 41.3 Å². The lowest BCUT2D eigenvalue weighted by molar-refractivity contribution is -0.436. The number of phosphoric acid groups is 1. The van der Waals surface area contributed by atoms with Crippen molar-refractivity contribution in [2.45, 2.75) is 30.4 Å². The molecule has 1 aliphatic rings. The number of thiazole rings is 1. The monoisotopic (exact) mass is 548 g/mol. The van der Waals surface area contributed by atoms with Crippen LogP contribution in [-0.2, 0) is 18.3 Å². The smallest absolute Gasteiger partial charge is 0.475 e. The number of nitrogens with zero attached hydrogens (tertiary/aromatic N) is 3. The van der Waals surface area contributed by atoms with E-state index in [-0.39, 0.29) is 10.8 Å². The zero-order valence-corrected chi connectivity index (χ0v) is 20.0. The van der Waals surface area contributed by atoms with Crippen molar-refractivity contribution in [1.29, 1.82) is 0 Å². The number of aromatic nitrogens is 3. The Bertz CT molecular complexity index is 1280. The van der Waals surface area contributed by atoms with E-state index in [0.29, 0.717) is 10.2 Å². The molecule has 4 rings (SSSR count). The minimum absolute atomic E-state index is 0.0887.